The van der Waals surface area contributed by atoms with Gasteiger partial charge in [-0.25, -0.2) is 4.98 Å². The minimum atomic E-state index is 0.467. The third kappa shape index (κ3) is 1.76. The van der Waals surface area contributed by atoms with E-state index in [9.17, 15) is 4.79 Å². The number of aromatic nitrogens is 1. The van der Waals surface area contributed by atoms with Gasteiger partial charge in [0.1, 0.15) is 14.5 Å². The van der Waals surface area contributed by atoms with E-state index < -0.39 is 0 Å². The Morgan fingerprint density at radius 1 is 1.29 bits per heavy atom. The number of hydrogen-bond donors (Lipinski definition) is 0. The van der Waals surface area contributed by atoms with Gasteiger partial charge in [0, 0.05) is 5.56 Å². The average molecular weight is 268 g/mol. The fraction of sp³-hybridized carbons (Fsp3) is 0. The van der Waals surface area contributed by atoms with Crippen molar-refractivity contribution in [2.24, 2.45) is 0 Å². The van der Waals surface area contributed by atoms with Crippen molar-refractivity contribution in [1.29, 1.82) is 0 Å². The minimum Gasteiger partial charge on any atom is -0.296 e. The van der Waals surface area contributed by atoms with Crippen LogP contribution < -0.4 is 0 Å². The van der Waals surface area contributed by atoms with Gasteiger partial charge in [0.15, 0.2) is 6.29 Å². The Morgan fingerprint density at radius 3 is 2.57 bits per heavy atom. The molecule has 1 heterocycles. The maximum absolute atomic E-state index is 10.6. The lowest BCUT2D eigenvalue weighted by Crippen LogP contribution is -1.80. The number of hydrogen-bond acceptors (Lipinski definition) is 3. The van der Waals surface area contributed by atoms with Gasteiger partial charge < -0.3 is 0 Å². The summed E-state index contributed by atoms with van der Waals surface area (Å²) < 4.78 is 0.784. The second-order valence-electron chi connectivity index (χ2n) is 2.66. The van der Waals surface area contributed by atoms with Crippen LogP contribution in [0.1, 0.15) is 10.5 Å². The van der Waals surface area contributed by atoms with E-state index in [1.54, 1.807) is 0 Å². The number of halogens is 1. The van der Waals surface area contributed by atoms with Crippen LogP contribution in [0, 0.1) is 0 Å². The third-order valence-corrected chi connectivity index (χ3v) is 3.54. The lowest BCUT2D eigenvalue weighted by atomic mass is 10.2. The van der Waals surface area contributed by atoms with Gasteiger partial charge in [-0.15, -0.1) is 11.3 Å². The second-order valence-corrected chi connectivity index (χ2v) is 4.98. The molecule has 0 radical (unpaired) electrons. The zero-order chi connectivity index (χ0) is 9.97. The molecular weight excluding hydrogens is 262 g/mol. The van der Waals surface area contributed by atoms with Crippen LogP contribution in [0.25, 0.3) is 10.6 Å². The molecule has 2 rings (SSSR count). The lowest BCUT2D eigenvalue weighted by molar-refractivity contribution is 0.111. The van der Waals surface area contributed by atoms with Crippen molar-refractivity contribution >= 4 is 33.6 Å². The van der Waals surface area contributed by atoms with Crippen LogP contribution in [0.15, 0.2) is 34.1 Å². The Balaban J connectivity index is 2.48. The second kappa shape index (κ2) is 4.02. The van der Waals surface area contributed by atoms with Gasteiger partial charge in [-0.2, -0.15) is 0 Å². The Morgan fingerprint density at radius 2 is 2.00 bits per heavy atom. The molecule has 0 spiro atoms. The SMILES string of the molecule is O=Cc1nc(-c2ccccc2)sc1Br. The molecule has 0 atom stereocenters. The van der Waals surface area contributed by atoms with Crippen molar-refractivity contribution in [3.05, 3.63) is 39.8 Å². The van der Waals surface area contributed by atoms with Crippen LogP contribution in [0.5, 0.6) is 0 Å². The summed E-state index contributed by atoms with van der Waals surface area (Å²) >= 11 is 4.77. The monoisotopic (exact) mass is 267 g/mol. The molecule has 14 heavy (non-hydrogen) atoms. The van der Waals surface area contributed by atoms with Gasteiger partial charge in [0.25, 0.3) is 0 Å². The minimum absolute atomic E-state index is 0.467. The summed E-state index contributed by atoms with van der Waals surface area (Å²) in [6.45, 7) is 0. The van der Waals surface area contributed by atoms with Crippen molar-refractivity contribution in [1.82, 2.24) is 4.98 Å². The summed E-state index contributed by atoms with van der Waals surface area (Å²) in [5.41, 5.74) is 1.50. The molecule has 0 fully saturated rings. The Kier molecular flexibility index (Phi) is 2.74. The van der Waals surface area contributed by atoms with Crippen molar-refractivity contribution < 1.29 is 4.79 Å². The van der Waals surface area contributed by atoms with Gasteiger partial charge in [0.05, 0.1) is 0 Å². The van der Waals surface area contributed by atoms with E-state index in [1.807, 2.05) is 30.3 Å². The largest absolute Gasteiger partial charge is 0.296 e. The van der Waals surface area contributed by atoms with E-state index in [2.05, 4.69) is 20.9 Å². The molecule has 2 nitrogen and oxygen atoms in total. The number of rotatable bonds is 2. The average Bonchev–Trinajstić information content (AvgIpc) is 2.61. The first kappa shape index (κ1) is 9.55. The number of benzene rings is 1. The predicted molar refractivity (Wildman–Crippen MR) is 60.6 cm³/mol. The predicted octanol–water partition coefficient (Wildman–Crippen LogP) is 3.39. The maximum atomic E-state index is 10.6. The molecule has 0 aliphatic heterocycles. The molecule has 4 heteroatoms. The maximum Gasteiger partial charge on any atom is 0.170 e. The lowest BCUT2D eigenvalue weighted by Gasteiger charge is -1.92. The van der Waals surface area contributed by atoms with E-state index in [0.717, 1.165) is 20.6 Å². The highest BCUT2D eigenvalue weighted by Crippen LogP contribution is 2.30. The van der Waals surface area contributed by atoms with Crippen LogP contribution in [0.2, 0.25) is 0 Å². The molecule has 0 amide bonds. The Labute approximate surface area is 93.7 Å². The summed E-state index contributed by atoms with van der Waals surface area (Å²) in [5, 5.41) is 0.861. The Hall–Kier alpha value is -1.00. The molecular formula is C10H6BrNOS. The molecule has 0 unspecified atom stereocenters. The number of aldehydes is 1. The molecule has 0 N–H and O–H groups in total. The Bertz CT molecular complexity index is 452. The molecule has 1 aromatic heterocycles. The van der Waals surface area contributed by atoms with E-state index >= 15 is 0 Å². The fourth-order valence-electron chi connectivity index (χ4n) is 1.09. The summed E-state index contributed by atoms with van der Waals surface area (Å²) in [6.07, 6.45) is 0.757. The normalized spacial score (nSPS) is 10.1. The fourth-order valence-corrected chi connectivity index (χ4v) is 2.50. The quantitative estimate of drug-likeness (QED) is 0.781. The summed E-state index contributed by atoms with van der Waals surface area (Å²) in [4.78, 5) is 14.8. The number of thiazole rings is 1. The molecule has 0 bridgehead atoms. The summed E-state index contributed by atoms with van der Waals surface area (Å²) in [6, 6.07) is 9.79. The highest BCUT2D eigenvalue weighted by Gasteiger charge is 2.08. The van der Waals surface area contributed by atoms with Crippen molar-refractivity contribution in [3.63, 3.8) is 0 Å². The zero-order valence-corrected chi connectivity index (χ0v) is 9.51. The van der Waals surface area contributed by atoms with Gasteiger partial charge in [-0.3, -0.25) is 4.79 Å². The van der Waals surface area contributed by atoms with Gasteiger partial charge in [-0.05, 0) is 15.9 Å². The highest BCUT2D eigenvalue weighted by molar-refractivity contribution is 9.11. The first-order chi connectivity index (χ1) is 6.81. The van der Waals surface area contributed by atoms with Crippen LogP contribution >= 0.6 is 27.3 Å². The molecule has 1 aromatic carbocycles. The van der Waals surface area contributed by atoms with E-state index in [-0.39, 0.29) is 0 Å². The number of carbonyl (C=O) groups is 1. The van der Waals surface area contributed by atoms with Crippen molar-refractivity contribution in [3.8, 4) is 10.6 Å². The first-order valence-corrected chi connectivity index (χ1v) is 5.59. The summed E-state index contributed by atoms with van der Waals surface area (Å²) in [5.74, 6) is 0. The first-order valence-electron chi connectivity index (χ1n) is 3.98. The smallest absolute Gasteiger partial charge is 0.170 e. The standard InChI is InChI=1S/C10H6BrNOS/c11-9-8(6-13)12-10(14-9)7-4-2-1-3-5-7/h1-6H. The topological polar surface area (TPSA) is 30.0 Å². The number of carbonyl (C=O) groups excluding carboxylic acids is 1. The van der Waals surface area contributed by atoms with Gasteiger partial charge in [-0.1, -0.05) is 30.3 Å². The molecule has 0 aliphatic rings. The van der Waals surface area contributed by atoms with E-state index in [1.165, 1.54) is 11.3 Å². The molecule has 70 valence electrons. The number of nitrogens with zero attached hydrogens (tertiary/aromatic N) is 1. The summed E-state index contributed by atoms with van der Waals surface area (Å²) in [7, 11) is 0. The van der Waals surface area contributed by atoms with E-state index in [4.69, 9.17) is 0 Å². The van der Waals surface area contributed by atoms with Crippen LogP contribution in [0.4, 0.5) is 0 Å². The van der Waals surface area contributed by atoms with E-state index in [0.29, 0.717) is 5.69 Å². The van der Waals surface area contributed by atoms with Crippen LogP contribution in [0.3, 0.4) is 0 Å². The van der Waals surface area contributed by atoms with Crippen molar-refractivity contribution in [2.45, 2.75) is 0 Å². The van der Waals surface area contributed by atoms with Gasteiger partial charge in [0.2, 0.25) is 0 Å². The van der Waals surface area contributed by atoms with Crippen molar-refractivity contribution in [2.75, 3.05) is 0 Å². The molecule has 0 saturated carbocycles. The molecule has 2 aromatic rings. The zero-order valence-electron chi connectivity index (χ0n) is 7.11. The van der Waals surface area contributed by atoms with Crippen LogP contribution in [-0.2, 0) is 0 Å². The third-order valence-electron chi connectivity index (χ3n) is 1.74. The highest BCUT2D eigenvalue weighted by atomic mass is 79.9. The molecule has 0 aliphatic carbocycles. The van der Waals surface area contributed by atoms with Crippen LogP contribution in [-0.4, -0.2) is 11.3 Å². The van der Waals surface area contributed by atoms with Gasteiger partial charge >= 0.3 is 0 Å². The molecule has 0 saturated heterocycles.